The number of hydrogen-bond donors (Lipinski definition) is 1. The van der Waals surface area contributed by atoms with Gasteiger partial charge in [-0.25, -0.2) is 14.8 Å². The molecule has 0 saturated heterocycles. The Morgan fingerprint density at radius 2 is 2.15 bits per heavy atom. The van der Waals surface area contributed by atoms with Gasteiger partial charge >= 0.3 is 5.97 Å². The lowest BCUT2D eigenvalue weighted by Crippen LogP contribution is -2.15. The molecule has 0 aliphatic carbocycles. The van der Waals surface area contributed by atoms with Crippen molar-refractivity contribution in [2.75, 3.05) is 11.9 Å². The molecule has 2 heterocycles. The molecule has 0 radical (unpaired) electrons. The lowest BCUT2D eigenvalue weighted by molar-refractivity contribution is 0.0697. The smallest absolute Gasteiger partial charge is 0.341 e. The van der Waals surface area contributed by atoms with Gasteiger partial charge in [0.2, 0.25) is 0 Å². The number of carboxylic acid groups (broad SMARTS) is 1. The van der Waals surface area contributed by atoms with E-state index in [2.05, 4.69) is 9.97 Å². The van der Waals surface area contributed by atoms with E-state index in [0.29, 0.717) is 5.82 Å². The molecule has 20 heavy (non-hydrogen) atoms. The standard InChI is InChI=1S/C14H11N3O3/c1-17(13-10(14(18)19)6-15-8-16-13)11-7-20-12-5-3-2-4-9(11)12/h2-8H,1H3,(H,18,19). The molecule has 2 aromatic heterocycles. The normalized spacial score (nSPS) is 10.7. The van der Waals surface area contributed by atoms with Crippen LogP contribution in [0.15, 0.2) is 47.5 Å². The number of anilines is 2. The Hall–Kier alpha value is -2.89. The Labute approximate surface area is 114 Å². The summed E-state index contributed by atoms with van der Waals surface area (Å²) in [5.74, 6) is -0.751. The predicted octanol–water partition coefficient (Wildman–Crippen LogP) is 2.69. The number of aromatic nitrogens is 2. The van der Waals surface area contributed by atoms with E-state index in [4.69, 9.17) is 4.42 Å². The van der Waals surface area contributed by atoms with Crippen molar-refractivity contribution in [1.82, 2.24) is 9.97 Å². The molecule has 3 rings (SSSR count). The van der Waals surface area contributed by atoms with E-state index >= 15 is 0 Å². The number of fused-ring (bicyclic) bond motifs is 1. The van der Waals surface area contributed by atoms with Crippen LogP contribution in [0, 0.1) is 0 Å². The molecule has 6 nitrogen and oxygen atoms in total. The highest BCUT2D eigenvalue weighted by Gasteiger charge is 2.19. The summed E-state index contributed by atoms with van der Waals surface area (Å²) in [5.41, 5.74) is 1.53. The minimum atomic E-state index is -1.07. The van der Waals surface area contributed by atoms with Gasteiger partial charge in [0.15, 0.2) is 5.82 Å². The Bertz CT molecular complexity index is 782. The van der Waals surface area contributed by atoms with Crippen molar-refractivity contribution >= 4 is 28.4 Å². The second-order valence-corrected chi connectivity index (χ2v) is 4.24. The quantitative estimate of drug-likeness (QED) is 0.787. The molecular weight excluding hydrogens is 258 g/mol. The summed E-state index contributed by atoms with van der Waals surface area (Å²) >= 11 is 0. The number of carbonyl (C=O) groups is 1. The van der Waals surface area contributed by atoms with Gasteiger partial charge in [0.25, 0.3) is 0 Å². The third-order valence-electron chi connectivity index (χ3n) is 3.06. The van der Waals surface area contributed by atoms with Gasteiger partial charge in [-0.15, -0.1) is 0 Å². The average molecular weight is 269 g/mol. The lowest BCUT2D eigenvalue weighted by atomic mass is 10.2. The lowest BCUT2D eigenvalue weighted by Gasteiger charge is -2.17. The van der Waals surface area contributed by atoms with Crippen LogP contribution in [0.25, 0.3) is 11.0 Å². The molecule has 100 valence electrons. The number of carboxylic acids is 1. The second-order valence-electron chi connectivity index (χ2n) is 4.24. The molecule has 0 aliphatic rings. The summed E-state index contributed by atoms with van der Waals surface area (Å²) < 4.78 is 5.46. The minimum absolute atomic E-state index is 0.0419. The van der Waals surface area contributed by atoms with Crippen LogP contribution >= 0.6 is 0 Å². The largest absolute Gasteiger partial charge is 0.477 e. The molecule has 1 aromatic carbocycles. The fourth-order valence-corrected chi connectivity index (χ4v) is 2.08. The van der Waals surface area contributed by atoms with Crippen LogP contribution in [0.5, 0.6) is 0 Å². The van der Waals surface area contributed by atoms with Crippen molar-refractivity contribution in [2.24, 2.45) is 0 Å². The number of aromatic carboxylic acids is 1. The molecule has 0 atom stereocenters. The van der Waals surface area contributed by atoms with Crippen molar-refractivity contribution in [3.05, 3.63) is 48.6 Å². The van der Waals surface area contributed by atoms with Gasteiger partial charge in [-0.05, 0) is 12.1 Å². The fourth-order valence-electron chi connectivity index (χ4n) is 2.08. The number of benzene rings is 1. The zero-order valence-corrected chi connectivity index (χ0v) is 10.6. The molecular formula is C14H11N3O3. The van der Waals surface area contributed by atoms with E-state index in [1.165, 1.54) is 12.5 Å². The number of nitrogens with zero attached hydrogens (tertiary/aromatic N) is 3. The van der Waals surface area contributed by atoms with Gasteiger partial charge in [0, 0.05) is 18.6 Å². The zero-order valence-electron chi connectivity index (χ0n) is 10.6. The molecule has 1 N–H and O–H groups in total. The summed E-state index contributed by atoms with van der Waals surface area (Å²) in [6.07, 6.45) is 4.18. The Balaban J connectivity index is 2.13. The van der Waals surface area contributed by atoms with Crippen molar-refractivity contribution in [2.45, 2.75) is 0 Å². The van der Waals surface area contributed by atoms with Crippen LogP contribution in [0.2, 0.25) is 0 Å². The first kappa shape index (κ1) is 12.2. The van der Waals surface area contributed by atoms with E-state index in [9.17, 15) is 9.90 Å². The van der Waals surface area contributed by atoms with E-state index in [0.717, 1.165) is 16.7 Å². The zero-order chi connectivity index (χ0) is 14.1. The molecule has 0 amide bonds. The van der Waals surface area contributed by atoms with Gasteiger partial charge in [-0.3, -0.25) is 0 Å². The molecule has 3 aromatic rings. The highest BCUT2D eigenvalue weighted by atomic mass is 16.4. The molecule has 0 unspecified atom stereocenters. The van der Waals surface area contributed by atoms with E-state index in [1.807, 2.05) is 24.3 Å². The Morgan fingerprint density at radius 1 is 1.35 bits per heavy atom. The first-order chi connectivity index (χ1) is 9.68. The maximum absolute atomic E-state index is 11.2. The number of rotatable bonds is 3. The van der Waals surface area contributed by atoms with E-state index in [1.54, 1.807) is 18.2 Å². The van der Waals surface area contributed by atoms with Gasteiger partial charge < -0.3 is 14.4 Å². The third kappa shape index (κ3) is 1.87. The predicted molar refractivity (Wildman–Crippen MR) is 73.3 cm³/mol. The highest BCUT2D eigenvalue weighted by molar-refractivity contribution is 5.97. The summed E-state index contributed by atoms with van der Waals surface area (Å²) in [6.45, 7) is 0. The minimum Gasteiger partial charge on any atom is -0.477 e. The van der Waals surface area contributed by atoms with Crippen LogP contribution in [-0.2, 0) is 0 Å². The number of furan rings is 1. The number of hydrogen-bond acceptors (Lipinski definition) is 5. The van der Waals surface area contributed by atoms with Crippen LogP contribution in [0.3, 0.4) is 0 Å². The molecule has 6 heteroatoms. The molecule has 0 aliphatic heterocycles. The highest BCUT2D eigenvalue weighted by Crippen LogP contribution is 2.32. The maximum Gasteiger partial charge on any atom is 0.341 e. The van der Waals surface area contributed by atoms with Gasteiger partial charge in [0.05, 0.1) is 5.69 Å². The van der Waals surface area contributed by atoms with E-state index in [-0.39, 0.29) is 5.56 Å². The van der Waals surface area contributed by atoms with Crippen LogP contribution in [0.4, 0.5) is 11.5 Å². The summed E-state index contributed by atoms with van der Waals surface area (Å²) in [7, 11) is 1.74. The van der Waals surface area contributed by atoms with E-state index < -0.39 is 5.97 Å². The average Bonchev–Trinajstić information content (AvgIpc) is 2.90. The Kier molecular flexibility index (Phi) is 2.83. The van der Waals surface area contributed by atoms with Crippen LogP contribution in [0.1, 0.15) is 10.4 Å². The summed E-state index contributed by atoms with van der Waals surface area (Å²) in [4.78, 5) is 20.7. The fraction of sp³-hybridized carbons (Fsp3) is 0.0714. The van der Waals surface area contributed by atoms with Crippen molar-refractivity contribution in [1.29, 1.82) is 0 Å². The Morgan fingerprint density at radius 3 is 2.95 bits per heavy atom. The van der Waals surface area contributed by atoms with Crippen molar-refractivity contribution < 1.29 is 14.3 Å². The van der Waals surface area contributed by atoms with Gasteiger partial charge in [0.1, 0.15) is 23.7 Å². The van der Waals surface area contributed by atoms with Crippen LogP contribution < -0.4 is 4.90 Å². The summed E-state index contributed by atoms with van der Waals surface area (Å²) in [5, 5.41) is 10.1. The molecule has 0 fully saturated rings. The maximum atomic E-state index is 11.2. The molecule has 0 saturated carbocycles. The molecule has 0 bridgehead atoms. The molecule has 0 spiro atoms. The first-order valence-electron chi connectivity index (χ1n) is 5.91. The van der Waals surface area contributed by atoms with Crippen molar-refractivity contribution in [3.8, 4) is 0 Å². The monoisotopic (exact) mass is 269 g/mol. The van der Waals surface area contributed by atoms with Crippen molar-refractivity contribution in [3.63, 3.8) is 0 Å². The van der Waals surface area contributed by atoms with Gasteiger partial charge in [-0.2, -0.15) is 0 Å². The second kappa shape index (κ2) is 4.65. The first-order valence-corrected chi connectivity index (χ1v) is 5.91. The van der Waals surface area contributed by atoms with Gasteiger partial charge in [-0.1, -0.05) is 12.1 Å². The van der Waals surface area contributed by atoms with Crippen LogP contribution in [-0.4, -0.2) is 28.1 Å². The number of para-hydroxylation sites is 1. The third-order valence-corrected chi connectivity index (χ3v) is 3.06. The topological polar surface area (TPSA) is 79.5 Å². The summed E-state index contributed by atoms with van der Waals surface area (Å²) in [6, 6.07) is 7.54. The SMILES string of the molecule is CN(c1ncncc1C(=O)O)c1coc2ccccc12.